The van der Waals surface area contributed by atoms with Crippen LogP contribution in [0.25, 0.3) is 0 Å². The van der Waals surface area contributed by atoms with Gasteiger partial charge in [0.05, 0.1) is 27.4 Å². The van der Waals surface area contributed by atoms with Crippen molar-refractivity contribution in [3.05, 3.63) is 85.8 Å². The van der Waals surface area contributed by atoms with Gasteiger partial charge in [-0.1, -0.05) is 41.4 Å². The number of nitrogens with one attached hydrogen (secondary N) is 1. The van der Waals surface area contributed by atoms with E-state index in [-0.39, 0.29) is 19.1 Å². The van der Waals surface area contributed by atoms with Gasteiger partial charge in [0.25, 0.3) is 5.91 Å². The summed E-state index contributed by atoms with van der Waals surface area (Å²) in [5, 5.41) is 5.01. The Hall–Kier alpha value is -2.04. The van der Waals surface area contributed by atoms with Crippen LogP contribution >= 0.6 is 62.7 Å². The molecule has 6 nitrogen and oxygen atoms in total. The molecule has 0 aromatic heterocycles. The molecule has 1 aliphatic heterocycles. The van der Waals surface area contributed by atoms with E-state index >= 15 is 0 Å². The molecule has 0 unspecified atom stereocenters. The Bertz CT molecular complexity index is 1290. The second-order valence-electron chi connectivity index (χ2n) is 8.02. The van der Waals surface area contributed by atoms with E-state index in [9.17, 15) is 4.79 Å². The summed E-state index contributed by atoms with van der Waals surface area (Å²) in [6.07, 6.45) is 1.53. The van der Waals surface area contributed by atoms with Crippen molar-refractivity contribution in [1.82, 2.24) is 5.43 Å². The molecule has 1 fully saturated rings. The van der Waals surface area contributed by atoms with Crippen molar-refractivity contribution in [3.63, 3.8) is 0 Å². The second kappa shape index (κ2) is 14.4. The smallest absolute Gasteiger partial charge is 0.277 e. The summed E-state index contributed by atoms with van der Waals surface area (Å²) in [6.45, 7) is 2.48. The zero-order valence-corrected chi connectivity index (χ0v) is 25.1. The summed E-state index contributed by atoms with van der Waals surface area (Å²) in [6, 6.07) is 16.8. The first-order chi connectivity index (χ1) is 18.4. The van der Waals surface area contributed by atoms with Gasteiger partial charge in [-0.3, -0.25) is 4.79 Å². The molecule has 1 aliphatic rings. The van der Waals surface area contributed by atoms with Crippen LogP contribution in [0.4, 0.5) is 0 Å². The van der Waals surface area contributed by atoms with E-state index in [1.54, 1.807) is 24.3 Å². The fourth-order valence-electron chi connectivity index (χ4n) is 3.45. The Morgan fingerprint density at radius 2 is 1.76 bits per heavy atom. The number of carbonyl (C=O) groups excluding carboxylic acids is 1. The van der Waals surface area contributed by atoms with Crippen LogP contribution in [0.2, 0.25) is 10.0 Å². The minimum Gasteiger partial charge on any atom is -0.490 e. The number of halogens is 3. The molecule has 0 saturated carbocycles. The second-order valence-corrected chi connectivity index (χ2v) is 12.4. The first-order valence-electron chi connectivity index (χ1n) is 11.7. The average Bonchev–Trinajstić information content (AvgIpc) is 3.46. The molecule has 0 bridgehead atoms. The van der Waals surface area contributed by atoms with Gasteiger partial charge in [-0.2, -0.15) is 5.10 Å². The monoisotopic (exact) mass is 654 g/mol. The Morgan fingerprint density at radius 3 is 2.47 bits per heavy atom. The number of carbonyl (C=O) groups is 1. The molecule has 1 N–H and O–H groups in total. The Labute approximate surface area is 248 Å². The van der Waals surface area contributed by atoms with E-state index in [4.69, 9.17) is 37.4 Å². The van der Waals surface area contributed by atoms with Crippen molar-refractivity contribution in [2.75, 3.05) is 24.7 Å². The molecule has 1 heterocycles. The van der Waals surface area contributed by atoms with Gasteiger partial charge in [0.1, 0.15) is 12.4 Å². The van der Waals surface area contributed by atoms with Gasteiger partial charge in [0, 0.05) is 21.5 Å². The van der Waals surface area contributed by atoms with Crippen molar-refractivity contribution in [2.24, 2.45) is 5.10 Å². The lowest BCUT2D eigenvalue weighted by atomic mass is 10.2. The van der Waals surface area contributed by atoms with Gasteiger partial charge < -0.3 is 14.2 Å². The van der Waals surface area contributed by atoms with Gasteiger partial charge in [-0.25, -0.2) is 5.43 Å². The first-order valence-corrected chi connectivity index (χ1v) is 15.4. The van der Waals surface area contributed by atoms with Gasteiger partial charge in [-0.15, -0.1) is 23.5 Å². The van der Waals surface area contributed by atoms with Crippen LogP contribution in [0.3, 0.4) is 0 Å². The Morgan fingerprint density at radius 1 is 1.03 bits per heavy atom. The summed E-state index contributed by atoms with van der Waals surface area (Å²) in [7, 11) is 0. The van der Waals surface area contributed by atoms with E-state index in [0.717, 1.165) is 10.0 Å². The van der Waals surface area contributed by atoms with E-state index in [0.29, 0.717) is 44.0 Å². The number of benzene rings is 3. The van der Waals surface area contributed by atoms with E-state index in [1.807, 2.05) is 60.8 Å². The van der Waals surface area contributed by atoms with Crippen molar-refractivity contribution >= 4 is 74.8 Å². The highest BCUT2D eigenvalue weighted by molar-refractivity contribution is 9.10. The highest BCUT2D eigenvalue weighted by Gasteiger charge is 2.18. The molecule has 3 aromatic rings. The maximum atomic E-state index is 12.2. The van der Waals surface area contributed by atoms with Crippen molar-refractivity contribution < 1.29 is 19.0 Å². The topological polar surface area (TPSA) is 69.2 Å². The quantitative estimate of drug-likeness (QED) is 0.168. The molecular formula is C27H25BrCl2N2O4S2. The summed E-state index contributed by atoms with van der Waals surface area (Å²) in [4.78, 5) is 12.2. The molecule has 4 rings (SSSR count). The van der Waals surface area contributed by atoms with E-state index in [1.165, 1.54) is 23.3 Å². The average molecular weight is 656 g/mol. The Kier molecular flexibility index (Phi) is 11.0. The number of hydrazone groups is 1. The molecule has 38 heavy (non-hydrogen) atoms. The first kappa shape index (κ1) is 29.0. The highest BCUT2D eigenvalue weighted by Crippen LogP contribution is 2.45. The lowest BCUT2D eigenvalue weighted by molar-refractivity contribution is -0.123. The fraction of sp³-hybridized carbons (Fsp3) is 0.259. The molecule has 1 saturated heterocycles. The molecule has 0 aliphatic carbocycles. The van der Waals surface area contributed by atoms with Crippen LogP contribution < -0.4 is 19.6 Å². The van der Waals surface area contributed by atoms with Crippen molar-refractivity contribution in [2.45, 2.75) is 18.1 Å². The van der Waals surface area contributed by atoms with E-state index in [2.05, 4.69) is 26.5 Å². The van der Waals surface area contributed by atoms with Gasteiger partial charge >= 0.3 is 0 Å². The fourth-order valence-corrected chi connectivity index (χ4v) is 7.05. The summed E-state index contributed by atoms with van der Waals surface area (Å²) in [5.74, 6) is 3.72. The van der Waals surface area contributed by atoms with Gasteiger partial charge in [-0.05, 0) is 70.4 Å². The molecule has 0 atom stereocenters. The van der Waals surface area contributed by atoms with Crippen LogP contribution in [0, 0.1) is 0 Å². The lowest BCUT2D eigenvalue weighted by Crippen LogP contribution is -2.24. The molecule has 200 valence electrons. The minimum atomic E-state index is -0.366. The number of hydrogen-bond donors (Lipinski definition) is 1. The Balaban J connectivity index is 1.31. The molecule has 0 spiro atoms. The lowest BCUT2D eigenvalue weighted by Gasteiger charge is -2.14. The molecular weight excluding hydrogens is 631 g/mol. The number of nitrogens with zero attached hydrogens (tertiary/aromatic N) is 1. The number of amides is 1. The summed E-state index contributed by atoms with van der Waals surface area (Å²) in [5.41, 5.74) is 5.33. The third-order valence-corrected chi connectivity index (χ3v) is 9.81. The molecule has 3 aromatic carbocycles. The van der Waals surface area contributed by atoms with Crippen molar-refractivity contribution in [1.29, 1.82) is 0 Å². The van der Waals surface area contributed by atoms with Crippen molar-refractivity contribution in [3.8, 4) is 17.2 Å². The predicted molar refractivity (Wildman–Crippen MR) is 161 cm³/mol. The largest absolute Gasteiger partial charge is 0.490 e. The summed E-state index contributed by atoms with van der Waals surface area (Å²) >= 11 is 19.5. The number of rotatable bonds is 11. The SMILES string of the molecule is CCOc1cc(/C=N\NC(=O)COc2ccc(C3SCCS3)cc2)c(Br)cc1OCc1ccc(Cl)c(Cl)c1. The number of hydrogen-bond acceptors (Lipinski definition) is 7. The van der Waals surface area contributed by atoms with E-state index < -0.39 is 0 Å². The third-order valence-electron chi connectivity index (χ3n) is 5.28. The van der Waals surface area contributed by atoms with Crippen LogP contribution in [0.5, 0.6) is 17.2 Å². The van der Waals surface area contributed by atoms with Crippen LogP contribution in [-0.4, -0.2) is 36.8 Å². The highest BCUT2D eigenvalue weighted by atomic mass is 79.9. The standard InChI is InChI=1S/C27H25BrCl2N2O4S2/c1-2-34-24-12-19(21(28)13-25(24)36-15-17-3-8-22(29)23(30)11-17)14-31-32-26(33)16-35-20-6-4-18(5-7-20)27-37-9-10-38-27/h3-8,11-14,27H,2,9-10,15-16H2,1H3,(H,32,33)/b31-14-. The van der Waals surface area contributed by atoms with Crippen LogP contribution in [0.1, 0.15) is 28.2 Å². The third kappa shape index (κ3) is 8.23. The maximum Gasteiger partial charge on any atom is 0.277 e. The van der Waals surface area contributed by atoms with Crippen LogP contribution in [-0.2, 0) is 11.4 Å². The number of ether oxygens (including phenoxy) is 3. The summed E-state index contributed by atoms with van der Waals surface area (Å²) < 4.78 is 18.5. The minimum absolute atomic E-state index is 0.142. The zero-order valence-electron chi connectivity index (χ0n) is 20.4. The molecule has 11 heteroatoms. The molecule has 1 amide bonds. The molecule has 0 radical (unpaired) electrons. The normalized spacial score (nSPS) is 13.6. The van der Waals surface area contributed by atoms with Gasteiger partial charge in [0.15, 0.2) is 18.1 Å². The van der Waals surface area contributed by atoms with Gasteiger partial charge in [0.2, 0.25) is 0 Å². The predicted octanol–water partition coefficient (Wildman–Crippen LogP) is 7.74. The van der Waals surface area contributed by atoms with Crippen LogP contribution in [0.15, 0.2) is 64.2 Å². The zero-order chi connectivity index (χ0) is 26.9. The maximum absolute atomic E-state index is 12.2. The number of thioether (sulfide) groups is 2.